The first-order valence-corrected chi connectivity index (χ1v) is 11.0. The summed E-state index contributed by atoms with van der Waals surface area (Å²) in [5.41, 5.74) is 0.926. The van der Waals surface area contributed by atoms with Gasteiger partial charge in [-0.3, -0.25) is 9.69 Å². The monoisotopic (exact) mass is 446 g/mol. The van der Waals surface area contributed by atoms with E-state index in [1.54, 1.807) is 0 Å². The number of nitrogens with zero attached hydrogens (tertiary/aromatic N) is 4. The Hall–Kier alpha value is -1.73. The number of halogens is 1. The van der Waals surface area contributed by atoms with Gasteiger partial charge in [-0.15, -0.1) is 0 Å². The maximum atomic E-state index is 12.9. The second kappa shape index (κ2) is 8.74. The fourth-order valence-electron chi connectivity index (χ4n) is 4.14. The molecule has 1 atom stereocenters. The Kier molecular flexibility index (Phi) is 6.11. The molecule has 4 rings (SSSR count). The summed E-state index contributed by atoms with van der Waals surface area (Å²) in [4.78, 5) is 21.8. The van der Waals surface area contributed by atoms with Gasteiger partial charge in [-0.2, -0.15) is 4.98 Å². The molecule has 6 nitrogen and oxygen atoms in total. The van der Waals surface area contributed by atoms with Crippen LogP contribution in [0.4, 0.5) is 0 Å². The van der Waals surface area contributed by atoms with E-state index in [9.17, 15) is 4.79 Å². The van der Waals surface area contributed by atoms with Gasteiger partial charge in [-0.1, -0.05) is 40.1 Å². The molecule has 1 amide bonds. The Morgan fingerprint density at radius 2 is 2.07 bits per heavy atom. The molecule has 3 heterocycles. The summed E-state index contributed by atoms with van der Waals surface area (Å²) in [5.74, 6) is 2.37. The van der Waals surface area contributed by atoms with Crippen molar-refractivity contribution in [2.75, 3.05) is 26.2 Å². The second-order valence-corrected chi connectivity index (χ2v) is 9.02. The third-order valence-corrected chi connectivity index (χ3v) is 6.35. The summed E-state index contributed by atoms with van der Waals surface area (Å²) in [6.07, 6.45) is 4.27. The number of rotatable bonds is 4. The topological polar surface area (TPSA) is 62.5 Å². The van der Waals surface area contributed by atoms with Crippen LogP contribution >= 0.6 is 15.9 Å². The van der Waals surface area contributed by atoms with Gasteiger partial charge in [-0.05, 0) is 50.3 Å². The zero-order valence-electron chi connectivity index (χ0n) is 16.3. The fourth-order valence-corrected chi connectivity index (χ4v) is 4.54. The zero-order valence-corrected chi connectivity index (χ0v) is 17.9. The molecule has 1 unspecified atom stereocenters. The lowest BCUT2D eigenvalue weighted by atomic mass is 9.93. The average molecular weight is 447 g/mol. The van der Waals surface area contributed by atoms with Crippen molar-refractivity contribution in [1.29, 1.82) is 0 Å². The van der Waals surface area contributed by atoms with Crippen molar-refractivity contribution in [3.05, 3.63) is 34.6 Å². The Bertz CT molecular complexity index is 816. The molecule has 1 aromatic carbocycles. The molecule has 150 valence electrons. The Morgan fingerprint density at radius 3 is 2.86 bits per heavy atom. The number of amides is 1. The molecular formula is C21H27BrN4O2. The van der Waals surface area contributed by atoms with Crippen molar-refractivity contribution in [2.24, 2.45) is 11.8 Å². The molecule has 2 aromatic rings. The van der Waals surface area contributed by atoms with E-state index < -0.39 is 0 Å². The van der Waals surface area contributed by atoms with Crippen LogP contribution in [0.2, 0.25) is 0 Å². The van der Waals surface area contributed by atoms with Crippen molar-refractivity contribution >= 4 is 21.8 Å². The zero-order chi connectivity index (χ0) is 19.5. The number of piperidine rings is 2. The molecular weight excluding hydrogens is 420 g/mol. The summed E-state index contributed by atoms with van der Waals surface area (Å²) < 4.78 is 6.46. The van der Waals surface area contributed by atoms with Gasteiger partial charge in [0.1, 0.15) is 0 Å². The number of aromatic nitrogens is 2. The minimum Gasteiger partial charge on any atom is -0.342 e. The number of benzene rings is 1. The van der Waals surface area contributed by atoms with Crippen molar-refractivity contribution in [3.8, 4) is 11.4 Å². The largest absolute Gasteiger partial charge is 0.342 e. The van der Waals surface area contributed by atoms with E-state index in [4.69, 9.17) is 4.52 Å². The van der Waals surface area contributed by atoms with E-state index in [-0.39, 0.29) is 5.92 Å². The van der Waals surface area contributed by atoms with Gasteiger partial charge >= 0.3 is 0 Å². The molecule has 0 N–H and O–H groups in total. The highest BCUT2D eigenvalue weighted by Crippen LogP contribution is 2.25. The highest BCUT2D eigenvalue weighted by Gasteiger charge is 2.31. The number of carbonyl (C=O) groups is 1. The van der Waals surface area contributed by atoms with E-state index >= 15 is 0 Å². The van der Waals surface area contributed by atoms with Crippen LogP contribution in [0.5, 0.6) is 0 Å². The van der Waals surface area contributed by atoms with Gasteiger partial charge in [0.05, 0.1) is 12.5 Å². The molecule has 28 heavy (non-hydrogen) atoms. The Balaban J connectivity index is 1.36. The summed E-state index contributed by atoms with van der Waals surface area (Å²) in [7, 11) is 0. The summed E-state index contributed by atoms with van der Waals surface area (Å²) in [6, 6.07) is 7.87. The third kappa shape index (κ3) is 4.63. The molecule has 1 aromatic heterocycles. The quantitative estimate of drug-likeness (QED) is 0.710. The summed E-state index contributed by atoms with van der Waals surface area (Å²) in [6.45, 7) is 6.44. The molecule has 0 saturated carbocycles. The maximum Gasteiger partial charge on any atom is 0.241 e. The lowest BCUT2D eigenvalue weighted by molar-refractivity contribution is -0.138. The predicted octanol–water partition coefficient (Wildman–Crippen LogP) is 3.97. The van der Waals surface area contributed by atoms with E-state index in [0.717, 1.165) is 67.8 Å². The van der Waals surface area contributed by atoms with Gasteiger partial charge in [-0.25, -0.2) is 0 Å². The molecule has 2 aliphatic heterocycles. The Labute approximate surface area is 174 Å². The van der Waals surface area contributed by atoms with Crippen molar-refractivity contribution < 1.29 is 9.32 Å². The minimum absolute atomic E-state index is 0.0922. The molecule has 7 heteroatoms. The third-order valence-electron chi connectivity index (χ3n) is 5.86. The lowest BCUT2D eigenvalue weighted by Crippen LogP contribution is -2.46. The molecule has 0 spiro atoms. The van der Waals surface area contributed by atoms with Crippen molar-refractivity contribution in [2.45, 2.75) is 39.2 Å². The van der Waals surface area contributed by atoms with Gasteiger partial charge in [0.15, 0.2) is 0 Å². The van der Waals surface area contributed by atoms with Gasteiger partial charge < -0.3 is 9.42 Å². The smallest absolute Gasteiger partial charge is 0.241 e. The second-order valence-electron chi connectivity index (χ2n) is 8.10. The normalized spacial score (nSPS) is 21.8. The number of hydrogen-bond donors (Lipinski definition) is 0. The first-order chi connectivity index (χ1) is 13.6. The van der Waals surface area contributed by atoms with E-state index in [1.165, 1.54) is 0 Å². The molecule has 2 aliphatic rings. The van der Waals surface area contributed by atoms with Crippen molar-refractivity contribution in [3.63, 3.8) is 0 Å². The lowest BCUT2D eigenvalue weighted by Gasteiger charge is -2.37. The summed E-state index contributed by atoms with van der Waals surface area (Å²) in [5, 5.41) is 4.12. The van der Waals surface area contributed by atoms with E-state index in [0.29, 0.717) is 24.2 Å². The van der Waals surface area contributed by atoms with Crippen LogP contribution in [0.15, 0.2) is 33.3 Å². The van der Waals surface area contributed by atoms with Gasteiger partial charge in [0, 0.05) is 29.7 Å². The van der Waals surface area contributed by atoms with Gasteiger partial charge in [0.2, 0.25) is 17.6 Å². The Morgan fingerprint density at radius 1 is 1.25 bits per heavy atom. The first kappa shape index (κ1) is 19.6. The number of carbonyl (C=O) groups excluding carboxylic acids is 1. The average Bonchev–Trinajstić information content (AvgIpc) is 3.17. The van der Waals surface area contributed by atoms with Gasteiger partial charge in [0.25, 0.3) is 0 Å². The minimum atomic E-state index is 0.0922. The molecule has 0 bridgehead atoms. The van der Waals surface area contributed by atoms with E-state index in [1.807, 2.05) is 24.3 Å². The maximum absolute atomic E-state index is 12.9. The SMILES string of the molecule is CC1CCN(C(=O)C2CCCN(Cc3nc(-c4cccc(Br)c4)no3)C2)CC1. The fraction of sp³-hybridized carbons (Fsp3) is 0.571. The van der Waals surface area contributed by atoms with Crippen LogP contribution < -0.4 is 0 Å². The van der Waals surface area contributed by atoms with E-state index in [2.05, 4.69) is 42.8 Å². The van der Waals surface area contributed by atoms with Crippen LogP contribution in [-0.4, -0.2) is 52.0 Å². The molecule has 2 fully saturated rings. The van der Waals surface area contributed by atoms with Crippen LogP contribution in [0.3, 0.4) is 0 Å². The first-order valence-electron chi connectivity index (χ1n) is 10.2. The number of hydrogen-bond acceptors (Lipinski definition) is 5. The van der Waals surface area contributed by atoms with Crippen LogP contribution in [0.25, 0.3) is 11.4 Å². The predicted molar refractivity (Wildman–Crippen MR) is 110 cm³/mol. The molecule has 2 saturated heterocycles. The van der Waals surface area contributed by atoms with Crippen LogP contribution in [-0.2, 0) is 11.3 Å². The summed E-state index contributed by atoms with van der Waals surface area (Å²) >= 11 is 3.47. The van der Waals surface area contributed by atoms with Crippen LogP contribution in [0.1, 0.15) is 38.5 Å². The number of likely N-dealkylation sites (tertiary alicyclic amines) is 2. The molecule has 0 radical (unpaired) electrons. The van der Waals surface area contributed by atoms with Crippen LogP contribution in [0, 0.1) is 11.8 Å². The molecule has 0 aliphatic carbocycles. The van der Waals surface area contributed by atoms with Crippen molar-refractivity contribution in [1.82, 2.24) is 19.9 Å². The highest BCUT2D eigenvalue weighted by atomic mass is 79.9. The highest BCUT2D eigenvalue weighted by molar-refractivity contribution is 9.10. The standard InChI is InChI=1S/C21H27BrN4O2/c1-15-7-10-26(11-8-15)21(27)17-5-3-9-25(13-17)14-19-23-20(24-28-19)16-4-2-6-18(22)12-16/h2,4,6,12,15,17H,3,5,7-11,13-14H2,1H3.